The van der Waals surface area contributed by atoms with Gasteiger partial charge in [0, 0.05) is 10.6 Å². The fourth-order valence-corrected chi connectivity index (χ4v) is 3.73. The van der Waals surface area contributed by atoms with Gasteiger partial charge in [0.1, 0.15) is 5.75 Å². The van der Waals surface area contributed by atoms with Crippen molar-refractivity contribution in [3.63, 3.8) is 0 Å². The summed E-state index contributed by atoms with van der Waals surface area (Å²) in [7, 11) is 1.58. The van der Waals surface area contributed by atoms with E-state index >= 15 is 0 Å². The molecule has 6 heteroatoms. The number of thioether (sulfide) groups is 1. The zero-order valence-corrected chi connectivity index (χ0v) is 16.3. The summed E-state index contributed by atoms with van der Waals surface area (Å²) in [5, 5.41) is 2.72. The van der Waals surface area contributed by atoms with E-state index in [2.05, 4.69) is 17.4 Å². The average molecular weight is 385 g/mol. The summed E-state index contributed by atoms with van der Waals surface area (Å²) in [5.74, 6) is 0.115. The van der Waals surface area contributed by atoms with Crippen LogP contribution in [-0.4, -0.2) is 30.8 Å². The number of benzene rings is 2. The minimum absolute atomic E-state index is 0.180. The predicted octanol–water partition coefficient (Wildman–Crippen LogP) is 3.85. The third-order valence-corrected chi connectivity index (χ3v) is 5.43. The van der Waals surface area contributed by atoms with Crippen LogP contribution in [0.2, 0.25) is 0 Å². The second-order valence-electron chi connectivity index (χ2n) is 6.42. The van der Waals surface area contributed by atoms with Crippen LogP contribution in [0, 0.1) is 0 Å². The van der Waals surface area contributed by atoms with Crippen LogP contribution in [0.1, 0.15) is 24.5 Å². The fourth-order valence-electron chi connectivity index (χ4n) is 2.98. The first kappa shape index (κ1) is 19.3. The Labute approximate surface area is 163 Å². The van der Waals surface area contributed by atoms with E-state index in [0.717, 1.165) is 17.7 Å². The monoisotopic (exact) mass is 385 g/mol. The van der Waals surface area contributed by atoms with Gasteiger partial charge in [-0.3, -0.25) is 9.59 Å². The van der Waals surface area contributed by atoms with E-state index in [4.69, 9.17) is 9.47 Å². The molecule has 0 aromatic heterocycles. The first-order valence-corrected chi connectivity index (χ1v) is 9.92. The number of carbonyl (C=O) groups is 2. The van der Waals surface area contributed by atoms with Gasteiger partial charge in [0.05, 0.1) is 12.9 Å². The molecule has 142 valence electrons. The molecule has 5 nitrogen and oxygen atoms in total. The average Bonchev–Trinajstić information content (AvgIpc) is 3.14. The minimum atomic E-state index is -0.861. The van der Waals surface area contributed by atoms with Crippen LogP contribution < -0.4 is 10.1 Å². The Hall–Kier alpha value is -2.47. The van der Waals surface area contributed by atoms with E-state index in [9.17, 15) is 9.59 Å². The number of ether oxygens (including phenoxy) is 2. The van der Waals surface area contributed by atoms with E-state index < -0.39 is 12.1 Å². The standard InChI is InChI=1S/C21H23NO4S/c1-14(21(24)22-17-7-9-18(25-2)10-8-17)26-20(23)13-27-19-11-6-15-4-3-5-16(15)12-19/h6-12,14H,3-5,13H2,1-2H3,(H,22,24)/t14-/m0/s1. The Bertz CT molecular complexity index is 819. The molecule has 0 spiro atoms. The number of amides is 1. The summed E-state index contributed by atoms with van der Waals surface area (Å²) >= 11 is 1.44. The molecule has 1 atom stereocenters. The molecule has 0 saturated carbocycles. The Balaban J connectivity index is 1.45. The zero-order valence-electron chi connectivity index (χ0n) is 15.5. The molecular formula is C21H23NO4S. The van der Waals surface area contributed by atoms with E-state index in [0.29, 0.717) is 11.4 Å². The summed E-state index contributed by atoms with van der Waals surface area (Å²) < 4.78 is 10.3. The Morgan fingerprint density at radius 2 is 1.85 bits per heavy atom. The highest BCUT2D eigenvalue weighted by Gasteiger charge is 2.18. The van der Waals surface area contributed by atoms with Crippen molar-refractivity contribution in [2.24, 2.45) is 0 Å². The Morgan fingerprint density at radius 3 is 2.59 bits per heavy atom. The molecule has 27 heavy (non-hydrogen) atoms. The van der Waals surface area contributed by atoms with Crippen molar-refractivity contribution in [1.82, 2.24) is 0 Å². The number of rotatable bonds is 7. The van der Waals surface area contributed by atoms with E-state index in [-0.39, 0.29) is 11.7 Å². The van der Waals surface area contributed by atoms with Crippen molar-refractivity contribution < 1.29 is 19.1 Å². The highest BCUT2D eigenvalue weighted by atomic mass is 32.2. The lowest BCUT2D eigenvalue weighted by Crippen LogP contribution is -2.30. The molecule has 3 rings (SSSR count). The van der Waals surface area contributed by atoms with Crippen molar-refractivity contribution >= 4 is 29.3 Å². The third-order valence-electron chi connectivity index (χ3n) is 4.46. The highest BCUT2D eigenvalue weighted by Crippen LogP contribution is 2.27. The van der Waals surface area contributed by atoms with Gasteiger partial charge in [-0.15, -0.1) is 11.8 Å². The highest BCUT2D eigenvalue weighted by molar-refractivity contribution is 8.00. The molecule has 1 N–H and O–H groups in total. The van der Waals surface area contributed by atoms with E-state index in [1.807, 2.05) is 6.07 Å². The molecule has 0 fully saturated rings. The molecule has 0 radical (unpaired) electrons. The van der Waals surface area contributed by atoms with Gasteiger partial charge in [-0.1, -0.05) is 6.07 Å². The topological polar surface area (TPSA) is 64.6 Å². The molecule has 0 bridgehead atoms. The number of anilines is 1. The van der Waals surface area contributed by atoms with Crippen LogP contribution in [0.15, 0.2) is 47.4 Å². The van der Waals surface area contributed by atoms with Gasteiger partial charge in [0.15, 0.2) is 6.10 Å². The molecule has 1 aliphatic carbocycles. The first-order valence-electron chi connectivity index (χ1n) is 8.94. The van der Waals surface area contributed by atoms with Crippen molar-refractivity contribution in [2.45, 2.75) is 37.2 Å². The quantitative estimate of drug-likeness (QED) is 0.579. The van der Waals surface area contributed by atoms with Gasteiger partial charge in [-0.25, -0.2) is 0 Å². The van der Waals surface area contributed by atoms with Gasteiger partial charge in [-0.05, 0) is 73.7 Å². The number of esters is 1. The molecule has 0 unspecified atom stereocenters. The van der Waals surface area contributed by atoms with Crippen LogP contribution in [0.25, 0.3) is 0 Å². The van der Waals surface area contributed by atoms with Gasteiger partial charge >= 0.3 is 5.97 Å². The third kappa shape index (κ3) is 5.26. The first-order chi connectivity index (χ1) is 13.0. The molecule has 2 aromatic rings. The van der Waals surface area contributed by atoms with Crippen LogP contribution >= 0.6 is 11.8 Å². The van der Waals surface area contributed by atoms with Crippen LogP contribution in [0.3, 0.4) is 0 Å². The lowest BCUT2D eigenvalue weighted by Gasteiger charge is -2.14. The van der Waals surface area contributed by atoms with Gasteiger partial charge in [0.2, 0.25) is 0 Å². The molecular weight excluding hydrogens is 362 g/mol. The lowest BCUT2D eigenvalue weighted by atomic mass is 10.1. The maximum absolute atomic E-state index is 12.2. The van der Waals surface area contributed by atoms with Crippen LogP contribution in [0.4, 0.5) is 5.69 Å². The summed E-state index contributed by atoms with van der Waals surface area (Å²) in [6.07, 6.45) is 2.59. The molecule has 1 aliphatic rings. The number of nitrogens with one attached hydrogen (secondary N) is 1. The SMILES string of the molecule is COc1ccc(NC(=O)[C@H](C)OC(=O)CSc2ccc3c(c2)CCC3)cc1. The normalized spacial score (nSPS) is 13.6. The molecule has 0 saturated heterocycles. The van der Waals surface area contributed by atoms with Gasteiger partial charge < -0.3 is 14.8 Å². The summed E-state index contributed by atoms with van der Waals surface area (Å²) in [5.41, 5.74) is 3.41. The Morgan fingerprint density at radius 1 is 1.11 bits per heavy atom. The van der Waals surface area contributed by atoms with Crippen LogP contribution in [0.5, 0.6) is 5.75 Å². The van der Waals surface area contributed by atoms with Crippen molar-refractivity contribution in [3.8, 4) is 5.75 Å². The Kier molecular flexibility index (Phi) is 6.40. The molecule has 0 heterocycles. The molecule has 0 aliphatic heterocycles. The maximum atomic E-state index is 12.2. The summed E-state index contributed by atoms with van der Waals surface area (Å²) in [4.78, 5) is 25.3. The lowest BCUT2D eigenvalue weighted by molar-refractivity contribution is -0.150. The smallest absolute Gasteiger partial charge is 0.317 e. The number of methoxy groups -OCH3 is 1. The minimum Gasteiger partial charge on any atom is -0.497 e. The van der Waals surface area contributed by atoms with Gasteiger partial charge in [-0.2, -0.15) is 0 Å². The van der Waals surface area contributed by atoms with Crippen molar-refractivity contribution in [2.75, 3.05) is 18.2 Å². The predicted molar refractivity (Wildman–Crippen MR) is 106 cm³/mol. The summed E-state index contributed by atoms with van der Waals surface area (Å²) in [6.45, 7) is 1.57. The van der Waals surface area contributed by atoms with Gasteiger partial charge in [0.25, 0.3) is 5.91 Å². The number of carbonyl (C=O) groups excluding carboxylic acids is 2. The van der Waals surface area contributed by atoms with Crippen molar-refractivity contribution in [3.05, 3.63) is 53.6 Å². The fraction of sp³-hybridized carbons (Fsp3) is 0.333. The molecule has 1 amide bonds. The largest absolute Gasteiger partial charge is 0.497 e. The molecule has 2 aromatic carbocycles. The van der Waals surface area contributed by atoms with E-state index in [1.165, 1.54) is 29.3 Å². The second-order valence-corrected chi connectivity index (χ2v) is 7.47. The van der Waals surface area contributed by atoms with Crippen molar-refractivity contribution in [1.29, 1.82) is 0 Å². The number of aryl methyl sites for hydroxylation is 2. The number of hydrogen-bond acceptors (Lipinski definition) is 5. The number of fused-ring (bicyclic) bond motifs is 1. The second kappa shape index (κ2) is 8.95. The van der Waals surface area contributed by atoms with E-state index in [1.54, 1.807) is 38.3 Å². The maximum Gasteiger partial charge on any atom is 0.317 e. The van der Waals surface area contributed by atoms with Crippen LogP contribution in [-0.2, 0) is 27.2 Å². The zero-order chi connectivity index (χ0) is 19.2. The number of hydrogen-bond donors (Lipinski definition) is 1. The summed E-state index contributed by atoms with van der Waals surface area (Å²) in [6, 6.07) is 13.3.